The van der Waals surface area contributed by atoms with Crippen molar-refractivity contribution >= 4 is 27.7 Å². The first-order chi connectivity index (χ1) is 8.70. The molecule has 114 valence electrons. The van der Waals surface area contributed by atoms with Crippen LogP contribution in [-0.2, 0) is 10.0 Å². The minimum atomic E-state index is -3.09. The molecule has 0 aromatic carbocycles. The normalized spacial score (nSPS) is 13.4. The molecule has 0 aliphatic heterocycles. The van der Waals surface area contributed by atoms with E-state index in [1.54, 1.807) is 18.8 Å². The van der Waals surface area contributed by atoms with Gasteiger partial charge in [-0.15, -0.1) is 0 Å². The summed E-state index contributed by atoms with van der Waals surface area (Å²) in [4.78, 5) is 4.12. The van der Waals surface area contributed by atoms with Crippen molar-refractivity contribution in [1.29, 1.82) is 0 Å². The van der Waals surface area contributed by atoms with Crippen molar-refractivity contribution in [1.82, 2.24) is 15.4 Å². The van der Waals surface area contributed by atoms with Crippen molar-refractivity contribution in [3.63, 3.8) is 0 Å². The predicted octanol–water partition coefficient (Wildman–Crippen LogP) is 0.232. The summed E-state index contributed by atoms with van der Waals surface area (Å²) in [5.74, 6) is 0.737. The molecule has 3 N–H and O–H groups in total. The number of nitrogens with one attached hydrogen (secondary N) is 3. The summed E-state index contributed by atoms with van der Waals surface area (Å²) in [5.41, 5.74) is 0. The van der Waals surface area contributed by atoms with Crippen molar-refractivity contribution in [3.8, 4) is 0 Å². The smallest absolute Gasteiger partial charge is 0.208 e. The number of hydrogen-bond donors (Lipinski definition) is 3. The minimum absolute atomic E-state index is 0.148. The quantitative estimate of drug-likeness (QED) is 0.340. The van der Waals surface area contributed by atoms with Gasteiger partial charge in [0.15, 0.2) is 5.96 Å². The lowest BCUT2D eigenvalue weighted by molar-refractivity contribution is 0.584. The van der Waals surface area contributed by atoms with E-state index in [0.29, 0.717) is 19.5 Å². The molecule has 8 heteroatoms. The highest BCUT2D eigenvalue weighted by Gasteiger charge is 2.15. The van der Waals surface area contributed by atoms with Crippen LogP contribution >= 0.6 is 11.8 Å². The number of thioether (sulfide) groups is 1. The Morgan fingerprint density at radius 2 is 1.89 bits per heavy atom. The average molecular weight is 310 g/mol. The Kier molecular flexibility index (Phi) is 8.44. The van der Waals surface area contributed by atoms with Gasteiger partial charge in [-0.05, 0) is 26.5 Å². The predicted molar refractivity (Wildman–Crippen MR) is 84.4 cm³/mol. The molecule has 0 amide bonds. The molecule has 0 aromatic rings. The summed E-state index contributed by atoms with van der Waals surface area (Å²) in [7, 11) is -1.37. The van der Waals surface area contributed by atoms with Crippen LogP contribution in [0, 0.1) is 0 Å². The Balaban J connectivity index is 3.84. The third-order valence-corrected chi connectivity index (χ3v) is 4.45. The van der Waals surface area contributed by atoms with E-state index >= 15 is 0 Å². The van der Waals surface area contributed by atoms with Crippen LogP contribution in [0.3, 0.4) is 0 Å². The van der Waals surface area contributed by atoms with Gasteiger partial charge in [-0.25, -0.2) is 13.1 Å². The molecular formula is C11H26N4O2S2. The van der Waals surface area contributed by atoms with E-state index in [9.17, 15) is 8.42 Å². The standard InChI is InChI=1S/C11H26N4O2S2/c1-11(2,18-4)9-14-10(12-3)13-7-6-8-15-19(5,16)17/h15H,6-9H2,1-5H3,(H2,12,13,14). The van der Waals surface area contributed by atoms with Crippen molar-refractivity contribution in [3.05, 3.63) is 0 Å². The average Bonchev–Trinajstić information content (AvgIpc) is 2.31. The molecule has 0 atom stereocenters. The Bertz CT molecular complexity index is 380. The molecule has 0 heterocycles. The maximum absolute atomic E-state index is 10.9. The van der Waals surface area contributed by atoms with Crippen LogP contribution in [0.15, 0.2) is 4.99 Å². The molecule has 0 radical (unpaired) electrons. The molecular weight excluding hydrogens is 284 g/mol. The van der Waals surface area contributed by atoms with Gasteiger partial charge in [0.1, 0.15) is 0 Å². The van der Waals surface area contributed by atoms with E-state index in [-0.39, 0.29) is 4.75 Å². The van der Waals surface area contributed by atoms with Crippen LogP contribution in [0.25, 0.3) is 0 Å². The molecule has 0 bridgehead atoms. The van der Waals surface area contributed by atoms with Gasteiger partial charge in [0.2, 0.25) is 10.0 Å². The molecule has 19 heavy (non-hydrogen) atoms. The first kappa shape index (κ1) is 18.5. The molecule has 0 aromatic heterocycles. The Hall–Kier alpha value is -0.470. The summed E-state index contributed by atoms with van der Waals surface area (Å²) in [6.07, 6.45) is 3.94. The van der Waals surface area contributed by atoms with Crippen LogP contribution < -0.4 is 15.4 Å². The first-order valence-electron chi connectivity index (χ1n) is 6.14. The molecule has 0 fully saturated rings. The molecule has 0 saturated heterocycles. The molecule has 0 aliphatic carbocycles. The van der Waals surface area contributed by atoms with Crippen LogP contribution in [0.1, 0.15) is 20.3 Å². The number of nitrogens with zero attached hydrogens (tertiary/aromatic N) is 1. The monoisotopic (exact) mass is 310 g/mol. The van der Waals surface area contributed by atoms with E-state index < -0.39 is 10.0 Å². The Morgan fingerprint density at radius 1 is 1.26 bits per heavy atom. The lowest BCUT2D eigenvalue weighted by atomic mass is 10.2. The van der Waals surface area contributed by atoms with E-state index in [1.807, 2.05) is 0 Å². The summed E-state index contributed by atoms with van der Waals surface area (Å²) < 4.78 is 24.3. The fourth-order valence-corrected chi connectivity index (χ4v) is 1.87. The van der Waals surface area contributed by atoms with Gasteiger partial charge in [0, 0.05) is 31.4 Å². The highest BCUT2D eigenvalue weighted by Crippen LogP contribution is 2.19. The highest BCUT2D eigenvalue weighted by molar-refractivity contribution is 7.99. The summed E-state index contributed by atoms with van der Waals surface area (Å²) >= 11 is 1.79. The Labute approximate surface area is 121 Å². The van der Waals surface area contributed by atoms with E-state index in [2.05, 4.69) is 40.5 Å². The zero-order valence-corrected chi connectivity index (χ0v) is 14.0. The second kappa shape index (κ2) is 8.65. The first-order valence-corrected chi connectivity index (χ1v) is 9.26. The van der Waals surface area contributed by atoms with Gasteiger partial charge in [0.25, 0.3) is 0 Å². The molecule has 0 aliphatic rings. The maximum Gasteiger partial charge on any atom is 0.208 e. The van der Waals surface area contributed by atoms with E-state index in [4.69, 9.17) is 0 Å². The van der Waals surface area contributed by atoms with Crippen molar-refractivity contribution in [2.75, 3.05) is 39.2 Å². The molecule has 0 unspecified atom stereocenters. The van der Waals surface area contributed by atoms with Crippen LogP contribution in [0.2, 0.25) is 0 Å². The second-order valence-electron chi connectivity index (χ2n) is 4.84. The van der Waals surface area contributed by atoms with Crippen molar-refractivity contribution in [2.24, 2.45) is 4.99 Å². The zero-order valence-electron chi connectivity index (χ0n) is 12.4. The fourth-order valence-electron chi connectivity index (χ4n) is 1.14. The molecule has 0 spiro atoms. The van der Waals surface area contributed by atoms with Crippen molar-refractivity contribution in [2.45, 2.75) is 25.0 Å². The van der Waals surface area contributed by atoms with Gasteiger partial charge in [-0.1, -0.05) is 0 Å². The van der Waals surface area contributed by atoms with Crippen LogP contribution in [0.4, 0.5) is 0 Å². The Morgan fingerprint density at radius 3 is 2.37 bits per heavy atom. The van der Waals surface area contributed by atoms with E-state index in [0.717, 1.165) is 18.8 Å². The number of aliphatic imine (C=N–C) groups is 1. The topological polar surface area (TPSA) is 82.6 Å². The number of guanidine groups is 1. The van der Waals surface area contributed by atoms with Crippen LogP contribution in [-0.4, -0.2) is 58.3 Å². The third-order valence-electron chi connectivity index (χ3n) is 2.47. The second-order valence-corrected chi connectivity index (χ2v) is 8.18. The molecule has 0 rings (SSSR count). The largest absolute Gasteiger partial charge is 0.356 e. The number of rotatable bonds is 8. The lowest BCUT2D eigenvalue weighted by Crippen LogP contribution is -2.43. The fraction of sp³-hybridized carbons (Fsp3) is 0.909. The van der Waals surface area contributed by atoms with Gasteiger partial charge in [0.05, 0.1) is 6.26 Å². The molecule has 0 saturated carbocycles. The number of sulfonamides is 1. The summed E-state index contributed by atoms with van der Waals surface area (Å²) in [5, 5.41) is 6.39. The third kappa shape index (κ3) is 11.1. The summed E-state index contributed by atoms with van der Waals surface area (Å²) in [6.45, 7) is 6.23. The van der Waals surface area contributed by atoms with Gasteiger partial charge >= 0.3 is 0 Å². The van der Waals surface area contributed by atoms with Gasteiger partial charge < -0.3 is 10.6 Å². The zero-order chi connectivity index (χ0) is 14.9. The minimum Gasteiger partial charge on any atom is -0.356 e. The van der Waals surface area contributed by atoms with Gasteiger partial charge in [-0.2, -0.15) is 11.8 Å². The van der Waals surface area contributed by atoms with Gasteiger partial charge in [-0.3, -0.25) is 4.99 Å². The van der Waals surface area contributed by atoms with Crippen molar-refractivity contribution < 1.29 is 8.42 Å². The maximum atomic E-state index is 10.9. The van der Waals surface area contributed by atoms with E-state index in [1.165, 1.54) is 0 Å². The van der Waals surface area contributed by atoms with Crippen LogP contribution in [0.5, 0.6) is 0 Å². The summed E-state index contributed by atoms with van der Waals surface area (Å²) in [6, 6.07) is 0. The molecule has 6 nitrogen and oxygen atoms in total. The SMILES string of the molecule is CN=C(NCCCNS(C)(=O)=O)NCC(C)(C)SC. The number of hydrogen-bond acceptors (Lipinski definition) is 4. The lowest BCUT2D eigenvalue weighted by Gasteiger charge is -2.23. The highest BCUT2D eigenvalue weighted by atomic mass is 32.2.